The van der Waals surface area contributed by atoms with E-state index in [1.807, 2.05) is 18.2 Å². The van der Waals surface area contributed by atoms with Gasteiger partial charge in [-0.2, -0.15) is 0 Å². The topological polar surface area (TPSA) is 78.6 Å². The molecule has 0 bridgehead atoms. The van der Waals surface area contributed by atoms with Gasteiger partial charge in [0.25, 0.3) is 0 Å². The Labute approximate surface area is 171 Å². The molecule has 0 unspecified atom stereocenters. The number of aldehydes is 1. The normalized spacial score (nSPS) is 20.8. The van der Waals surface area contributed by atoms with Crippen molar-refractivity contribution in [2.75, 3.05) is 13.2 Å². The minimum absolute atomic E-state index is 0.149. The minimum atomic E-state index is -0.405. The highest BCUT2D eigenvalue weighted by Crippen LogP contribution is 2.36. The van der Waals surface area contributed by atoms with Crippen molar-refractivity contribution in [3.05, 3.63) is 64.2 Å². The zero-order valence-electron chi connectivity index (χ0n) is 16.6. The molecule has 5 heteroatoms. The maximum atomic E-state index is 12.0. The highest BCUT2D eigenvalue weighted by molar-refractivity contribution is 5.94. The third-order valence-corrected chi connectivity index (χ3v) is 6.01. The Kier molecular flexibility index (Phi) is 5.95. The molecule has 2 aromatic rings. The third kappa shape index (κ3) is 4.51. The fourth-order valence-corrected chi connectivity index (χ4v) is 4.45. The van der Waals surface area contributed by atoms with Crippen molar-refractivity contribution >= 4 is 12.2 Å². The van der Waals surface area contributed by atoms with Gasteiger partial charge >= 0.3 is 0 Å². The van der Waals surface area contributed by atoms with Crippen molar-refractivity contribution in [2.24, 2.45) is 5.73 Å². The maximum Gasteiger partial charge on any atom is 0.248 e. The number of ether oxygens (including phenoxy) is 2. The molecule has 29 heavy (non-hydrogen) atoms. The van der Waals surface area contributed by atoms with Crippen LogP contribution in [0.3, 0.4) is 0 Å². The number of hydrogen-bond donors (Lipinski definition) is 1. The van der Waals surface area contributed by atoms with Crippen LogP contribution in [0.1, 0.15) is 57.8 Å². The molecule has 1 heterocycles. The zero-order valence-corrected chi connectivity index (χ0v) is 16.6. The van der Waals surface area contributed by atoms with E-state index in [-0.39, 0.29) is 12.0 Å². The second kappa shape index (κ2) is 8.78. The first-order valence-electron chi connectivity index (χ1n) is 10.4. The zero-order chi connectivity index (χ0) is 20.2. The van der Waals surface area contributed by atoms with E-state index in [4.69, 9.17) is 15.2 Å². The molecule has 4 rings (SSSR count). The molecular formula is C24H27NO4. The highest BCUT2D eigenvalue weighted by Gasteiger charge is 2.25. The first-order chi connectivity index (χ1) is 14.1. The Balaban J connectivity index is 1.54. The van der Waals surface area contributed by atoms with Crippen molar-refractivity contribution in [1.82, 2.24) is 0 Å². The highest BCUT2D eigenvalue weighted by atomic mass is 16.5. The first-order valence-corrected chi connectivity index (χ1v) is 10.4. The van der Waals surface area contributed by atoms with Gasteiger partial charge in [-0.3, -0.25) is 4.79 Å². The number of aryl methyl sites for hydroxylation is 1. The molecule has 1 aliphatic carbocycles. The van der Waals surface area contributed by atoms with Gasteiger partial charge in [-0.15, -0.1) is 0 Å². The van der Waals surface area contributed by atoms with Gasteiger partial charge in [0.15, 0.2) is 0 Å². The van der Waals surface area contributed by atoms with Gasteiger partial charge < -0.3 is 20.0 Å². The van der Waals surface area contributed by atoms with Crippen LogP contribution in [0.4, 0.5) is 0 Å². The first kappa shape index (κ1) is 19.6. The van der Waals surface area contributed by atoms with Crippen molar-refractivity contribution in [3.8, 4) is 5.75 Å². The molecule has 1 saturated heterocycles. The number of carbonyl (C=O) groups is 2. The van der Waals surface area contributed by atoms with Gasteiger partial charge in [0.2, 0.25) is 5.91 Å². The van der Waals surface area contributed by atoms with E-state index in [1.54, 1.807) is 6.07 Å². The van der Waals surface area contributed by atoms with Crippen LogP contribution < -0.4 is 10.5 Å². The summed E-state index contributed by atoms with van der Waals surface area (Å²) in [6.45, 7) is 1.33. The number of benzene rings is 2. The summed E-state index contributed by atoms with van der Waals surface area (Å²) in [5.74, 6) is 0.568. The Morgan fingerprint density at radius 2 is 2.07 bits per heavy atom. The van der Waals surface area contributed by atoms with Gasteiger partial charge in [-0.05, 0) is 78.5 Å². The maximum absolute atomic E-state index is 12.0. The number of fused-ring (bicyclic) bond motifs is 1. The molecule has 152 valence electrons. The monoisotopic (exact) mass is 393 g/mol. The molecule has 2 aliphatic rings. The van der Waals surface area contributed by atoms with Crippen LogP contribution in [0.2, 0.25) is 0 Å². The molecule has 1 amide bonds. The predicted molar refractivity (Wildman–Crippen MR) is 110 cm³/mol. The molecule has 0 radical (unpaired) electrons. The molecule has 2 atom stereocenters. The van der Waals surface area contributed by atoms with Crippen molar-refractivity contribution in [3.63, 3.8) is 0 Å². The molecular weight excluding hydrogens is 366 g/mol. The Hall–Kier alpha value is -2.66. The smallest absolute Gasteiger partial charge is 0.248 e. The summed E-state index contributed by atoms with van der Waals surface area (Å²) >= 11 is 0. The number of nitrogens with two attached hydrogens (primary N) is 1. The van der Waals surface area contributed by atoms with Crippen LogP contribution >= 0.6 is 0 Å². The summed E-state index contributed by atoms with van der Waals surface area (Å²) in [6, 6.07) is 11.8. The average Bonchev–Trinajstić information content (AvgIpc) is 3.25. The van der Waals surface area contributed by atoms with Gasteiger partial charge in [0.05, 0.1) is 6.10 Å². The quantitative estimate of drug-likeness (QED) is 0.732. The lowest BCUT2D eigenvalue weighted by molar-refractivity contribution is -0.107. The summed E-state index contributed by atoms with van der Waals surface area (Å²) in [6.07, 6.45) is 6.36. The molecule has 5 nitrogen and oxygen atoms in total. The lowest BCUT2D eigenvalue weighted by Gasteiger charge is -2.27. The lowest BCUT2D eigenvalue weighted by atomic mass is 9.78. The van der Waals surface area contributed by atoms with Gasteiger partial charge in [-0.1, -0.05) is 18.2 Å². The standard InChI is InChI=1S/C24H27NO4/c25-24(27)22-8-7-20(29-15-21-2-1-11-28-21)14-23(22)19-6-5-17-12-16(9-10-26)3-4-18(17)13-19/h3-4,7-8,10,12,14,19,21H,1-2,5-6,9,11,13,15H2,(H2,25,27)/t19-,21-/m0/s1. The van der Waals surface area contributed by atoms with E-state index < -0.39 is 5.91 Å². The minimum Gasteiger partial charge on any atom is -0.491 e. The third-order valence-electron chi connectivity index (χ3n) is 6.01. The van der Waals surface area contributed by atoms with Crippen molar-refractivity contribution in [1.29, 1.82) is 0 Å². The fraction of sp³-hybridized carbons (Fsp3) is 0.417. The van der Waals surface area contributed by atoms with Crippen LogP contribution in [-0.2, 0) is 28.8 Å². The van der Waals surface area contributed by atoms with Gasteiger partial charge in [-0.25, -0.2) is 0 Å². The van der Waals surface area contributed by atoms with E-state index in [0.717, 1.165) is 61.9 Å². The molecule has 2 aromatic carbocycles. The molecule has 2 N–H and O–H groups in total. The van der Waals surface area contributed by atoms with E-state index in [2.05, 4.69) is 12.1 Å². The van der Waals surface area contributed by atoms with E-state index in [9.17, 15) is 9.59 Å². The summed E-state index contributed by atoms with van der Waals surface area (Å²) in [4.78, 5) is 22.8. The van der Waals surface area contributed by atoms with Gasteiger partial charge in [0.1, 0.15) is 18.6 Å². The summed E-state index contributed by atoms with van der Waals surface area (Å²) < 4.78 is 11.6. The summed E-state index contributed by atoms with van der Waals surface area (Å²) in [5.41, 5.74) is 10.8. The Morgan fingerprint density at radius 1 is 1.17 bits per heavy atom. The van der Waals surface area contributed by atoms with Crippen molar-refractivity contribution < 1.29 is 19.1 Å². The van der Waals surface area contributed by atoms with Crippen LogP contribution in [0.5, 0.6) is 5.75 Å². The van der Waals surface area contributed by atoms with Crippen LogP contribution in [-0.4, -0.2) is 31.5 Å². The van der Waals surface area contributed by atoms with Crippen molar-refractivity contribution in [2.45, 2.75) is 50.5 Å². The number of hydrogen-bond acceptors (Lipinski definition) is 4. The van der Waals surface area contributed by atoms with E-state index in [0.29, 0.717) is 18.6 Å². The van der Waals surface area contributed by atoms with Gasteiger partial charge in [0, 0.05) is 18.6 Å². The number of rotatable bonds is 7. The van der Waals surface area contributed by atoms with Crippen LogP contribution in [0, 0.1) is 0 Å². The number of amides is 1. The number of carbonyl (C=O) groups excluding carboxylic acids is 2. The molecule has 1 fully saturated rings. The summed E-state index contributed by atoms with van der Waals surface area (Å²) in [5, 5.41) is 0. The lowest BCUT2D eigenvalue weighted by Crippen LogP contribution is -2.20. The Morgan fingerprint density at radius 3 is 2.83 bits per heavy atom. The average molecular weight is 393 g/mol. The molecule has 0 saturated carbocycles. The number of primary amides is 1. The Bertz CT molecular complexity index is 902. The van der Waals surface area contributed by atoms with E-state index >= 15 is 0 Å². The molecule has 1 aliphatic heterocycles. The second-order valence-electron chi connectivity index (χ2n) is 7.97. The molecule has 0 spiro atoms. The van der Waals surface area contributed by atoms with Crippen LogP contribution in [0.15, 0.2) is 36.4 Å². The second-order valence-corrected chi connectivity index (χ2v) is 7.97. The fourth-order valence-electron chi connectivity index (χ4n) is 4.45. The molecule has 0 aromatic heterocycles. The van der Waals surface area contributed by atoms with Crippen LogP contribution in [0.25, 0.3) is 0 Å². The summed E-state index contributed by atoms with van der Waals surface area (Å²) in [7, 11) is 0. The van der Waals surface area contributed by atoms with E-state index in [1.165, 1.54) is 11.1 Å². The predicted octanol–water partition coefficient (Wildman–Crippen LogP) is 3.36. The largest absolute Gasteiger partial charge is 0.491 e. The SMILES string of the molecule is NC(=O)c1ccc(OC[C@@H]2CCCO2)cc1[C@H]1CCc2cc(CC=O)ccc2C1.